The van der Waals surface area contributed by atoms with Gasteiger partial charge in [0.2, 0.25) is 0 Å². The van der Waals surface area contributed by atoms with Gasteiger partial charge in [0, 0.05) is 30.0 Å². The monoisotopic (exact) mass is 338 g/mol. The zero-order chi connectivity index (χ0) is 18.1. The van der Waals surface area contributed by atoms with Crippen LogP contribution in [-0.2, 0) is 4.74 Å². The highest BCUT2D eigenvalue weighted by Gasteiger charge is 2.44. The Bertz CT molecular complexity index is 605. The van der Waals surface area contributed by atoms with Gasteiger partial charge in [-0.05, 0) is 52.8 Å². The van der Waals surface area contributed by atoms with Crippen LogP contribution in [0.25, 0.3) is 0 Å². The molecule has 1 aliphatic rings. The molecule has 134 valence electrons. The molecule has 0 unspecified atom stereocenters. The highest BCUT2D eigenvalue weighted by Crippen LogP contribution is 2.37. The lowest BCUT2D eigenvalue weighted by atomic mass is 9.76. The van der Waals surface area contributed by atoms with E-state index in [1.807, 2.05) is 27.7 Å². The van der Waals surface area contributed by atoms with Crippen LogP contribution in [0.3, 0.4) is 0 Å². The lowest BCUT2D eigenvalue weighted by Gasteiger charge is -2.45. The molecule has 3 N–H and O–H groups in total. The molecule has 0 aromatic heterocycles. The van der Waals surface area contributed by atoms with Gasteiger partial charge in [0.1, 0.15) is 23.3 Å². The molecule has 1 aromatic carbocycles. The summed E-state index contributed by atoms with van der Waals surface area (Å²) in [4.78, 5) is 11.9. The number of rotatable bonds is 4. The van der Waals surface area contributed by atoms with Crippen molar-refractivity contribution in [2.45, 2.75) is 70.7 Å². The summed E-state index contributed by atoms with van der Waals surface area (Å²) >= 11 is 0. The van der Waals surface area contributed by atoms with Gasteiger partial charge in [-0.3, -0.25) is 0 Å². The van der Waals surface area contributed by atoms with Crippen molar-refractivity contribution in [1.29, 1.82) is 0 Å². The second-order valence-electron chi connectivity index (χ2n) is 7.81. The number of nitrogens with two attached hydrogens (primary N) is 1. The van der Waals surface area contributed by atoms with E-state index < -0.39 is 11.7 Å². The van der Waals surface area contributed by atoms with Gasteiger partial charge in [-0.2, -0.15) is 0 Å². The van der Waals surface area contributed by atoms with Gasteiger partial charge in [0.15, 0.2) is 0 Å². The molecule has 1 aromatic rings. The number of hydrogen-bond acceptors (Lipinski definition) is 4. The topological polar surface area (TPSA) is 73.6 Å². The summed E-state index contributed by atoms with van der Waals surface area (Å²) in [6, 6.07) is 4.04. The van der Waals surface area contributed by atoms with Crippen LogP contribution in [-0.4, -0.2) is 23.3 Å². The Labute approximate surface area is 142 Å². The molecule has 1 atom stereocenters. The van der Waals surface area contributed by atoms with Crippen molar-refractivity contribution in [2.24, 2.45) is 5.73 Å². The molecular formula is C18H27FN2O3. The molecule has 0 heterocycles. The van der Waals surface area contributed by atoms with Crippen molar-refractivity contribution in [3.05, 3.63) is 29.6 Å². The smallest absolute Gasteiger partial charge is 0.408 e. The normalized spacial score (nSPS) is 24.7. The van der Waals surface area contributed by atoms with Crippen molar-refractivity contribution in [3.63, 3.8) is 0 Å². The fraction of sp³-hybridized carbons (Fsp3) is 0.611. The third-order valence-electron chi connectivity index (χ3n) is 3.92. The van der Waals surface area contributed by atoms with E-state index in [1.165, 1.54) is 12.1 Å². The highest BCUT2D eigenvalue weighted by atomic mass is 19.1. The molecule has 0 saturated heterocycles. The van der Waals surface area contributed by atoms with Crippen LogP contribution in [0.4, 0.5) is 9.18 Å². The van der Waals surface area contributed by atoms with E-state index in [0.717, 1.165) is 0 Å². The predicted molar refractivity (Wildman–Crippen MR) is 90.4 cm³/mol. The maximum Gasteiger partial charge on any atom is 0.408 e. The van der Waals surface area contributed by atoms with Crippen LogP contribution in [0.2, 0.25) is 0 Å². The van der Waals surface area contributed by atoms with Gasteiger partial charge in [-0.25, -0.2) is 9.18 Å². The van der Waals surface area contributed by atoms with Gasteiger partial charge in [0.25, 0.3) is 0 Å². The average molecular weight is 338 g/mol. The van der Waals surface area contributed by atoms with E-state index in [4.69, 9.17) is 15.2 Å². The predicted octanol–water partition coefficient (Wildman–Crippen LogP) is 3.67. The molecule has 1 aliphatic carbocycles. The lowest BCUT2D eigenvalue weighted by molar-refractivity contribution is 0.00867. The Kier molecular flexibility index (Phi) is 5.08. The molecule has 1 amide bonds. The number of benzene rings is 1. The molecule has 0 radical (unpaired) electrons. The Hall–Kier alpha value is -1.82. The van der Waals surface area contributed by atoms with E-state index in [2.05, 4.69) is 5.32 Å². The zero-order valence-corrected chi connectivity index (χ0v) is 15.0. The van der Waals surface area contributed by atoms with Crippen molar-refractivity contribution in [3.8, 4) is 5.75 Å². The first-order valence-electron chi connectivity index (χ1n) is 8.20. The van der Waals surface area contributed by atoms with Crippen LogP contribution in [0.5, 0.6) is 5.75 Å². The summed E-state index contributed by atoms with van der Waals surface area (Å²) in [5.41, 5.74) is 5.63. The molecular weight excluding hydrogens is 311 g/mol. The van der Waals surface area contributed by atoms with Crippen LogP contribution < -0.4 is 15.8 Å². The molecule has 1 saturated carbocycles. The number of nitrogens with one attached hydrogen (secondary N) is 1. The maximum atomic E-state index is 13.4. The minimum Gasteiger partial charge on any atom is -0.490 e. The summed E-state index contributed by atoms with van der Waals surface area (Å²) in [7, 11) is 0. The molecule has 2 rings (SSSR count). The van der Waals surface area contributed by atoms with Gasteiger partial charge < -0.3 is 20.5 Å². The van der Waals surface area contributed by atoms with Crippen molar-refractivity contribution in [1.82, 2.24) is 5.32 Å². The van der Waals surface area contributed by atoms with Crippen LogP contribution in [0, 0.1) is 5.82 Å². The Morgan fingerprint density at radius 2 is 2.04 bits per heavy atom. The zero-order valence-electron chi connectivity index (χ0n) is 15.0. The molecule has 6 heteroatoms. The second kappa shape index (κ2) is 6.59. The number of amides is 1. The third-order valence-corrected chi connectivity index (χ3v) is 3.92. The molecule has 0 bridgehead atoms. The summed E-state index contributed by atoms with van der Waals surface area (Å²) in [6.45, 7) is 9.22. The lowest BCUT2D eigenvalue weighted by Crippen LogP contribution is -2.59. The average Bonchev–Trinajstić information content (AvgIpc) is 2.36. The van der Waals surface area contributed by atoms with Crippen LogP contribution >= 0.6 is 0 Å². The van der Waals surface area contributed by atoms with Gasteiger partial charge in [-0.1, -0.05) is 0 Å². The Morgan fingerprint density at radius 3 is 2.58 bits per heavy atom. The third kappa shape index (κ3) is 4.84. The van der Waals surface area contributed by atoms with E-state index in [1.54, 1.807) is 13.0 Å². The summed E-state index contributed by atoms with van der Waals surface area (Å²) in [6.07, 6.45) is 0.832. The van der Waals surface area contributed by atoms with E-state index in [0.29, 0.717) is 24.2 Å². The Balaban J connectivity index is 1.92. The van der Waals surface area contributed by atoms with Crippen molar-refractivity contribution in [2.75, 3.05) is 0 Å². The minimum atomic E-state index is -0.527. The second-order valence-corrected chi connectivity index (χ2v) is 7.81. The first-order chi connectivity index (χ1) is 11.0. The number of ether oxygens (including phenoxy) is 2. The van der Waals surface area contributed by atoms with Gasteiger partial charge in [-0.15, -0.1) is 0 Å². The van der Waals surface area contributed by atoms with E-state index in [9.17, 15) is 9.18 Å². The number of carbonyl (C=O) groups is 1. The summed E-state index contributed by atoms with van der Waals surface area (Å²) in [5.74, 6) is 0.260. The fourth-order valence-electron chi connectivity index (χ4n) is 2.84. The first-order valence-corrected chi connectivity index (χ1v) is 8.20. The summed E-state index contributed by atoms with van der Waals surface area (Å²) < 4.78 is 24.6. The fourth-order valence-corrected chi connectivity index (χ4v) is 2.84. The number of hydrogen-bond donors (Lipinski definition) is 2. The molecule has 24 heavy (non-hydrogen) atoms. The van der Waals surface area contributed by atoms with Gasteiger partial charge >= 0.3 is 6.09 Å². The number of halogens is 1. The quantitative estimate of drug-likeness (QED) is 0.878. The van der Waals surface area contributed by atoms with E-state index >= 15 is 0 Å². The first kappa shape index (κ1) is 18.5. The largest absolute Gasteiger partial charge is 0.490 e. The van der Waals surface area contributed by atoms with Crippen LogP contribution in [0.1, 0.15) is 59.1 Å². The maximum absolute atomic E-state index is 13.4. The number of alkyl carbamates (subject to hydrolysis) is 1. The van der Waals surface area contributed by atoms with Crippen LogP contribution in [0.15, 0.2) is 18.2 Å². The molecule has 1 fully saturated rings. The molecule has 0 spiro atoms. The van der Waals surface area contributed by atoms with Crippen molar-refractivity contribution < 1.29 is 18.7 Å². The molecule has 5 nitrogen and oxygen atoms in total. The number of carbonyl (C=O) groups excluding carboxylic acids is 1. The van der Waals surface area contributed by atoms with E-state index in [-0.39, 0.29) is 23.5 Å². The molecule has 0 aliphatic heterocycles. The summed E-state index contributed by atoms with van der Waals surface area (Å²) in [5, 5.41) is 2.89. The van der Waals surface area contributed by atoms with Gasteiger partial charge in [0.05, 0.1) is 0 Å². The SMILES string of the molecule is C[C@H](N)c1cc(F)ccc1OC1CC(C)(NC(=O)OC(C)(C)C)C1. The van der Waals surface area contributed by atoms with Crippen molar-refractivity contribution >= 4 is 6.09 Å². The highest BCUT2D eigenvalue weighted by molar-refractivity contribution is 5.69. The Morgan fingerprint density at radius 1 is 1.42 bits per heavy atom. The minimum absolute atomic E-state index is 0.0482. The standard InChI is InChI=1S/C18H27FN2O3/c1-11(20)14-8-12(19)6-7-15(14)23-13-9-18(5,10-13)21-16(22)24-17(2,3)4/h6-8,11,13H,9-10,20H2,1-5H3,(H,21,22)/t11-,13?,18?/m0/s1.